The van der Waals surface area contributed by atoms with Gasteiger partial charge >= 0.3 is 6.18 Å². The molecule has 2 amide bonds. The molecule has 0 heterocycles. The average Bonchev–Trinajstić information content (AvgIpc) is 2.99. The number of nitrogens with one attached hydrogen (secondary N) is 1. The Balaban J connectivity index is 0.00000520. The lowest BCUT2D eigenvalue weighted by atomic mass is 9.55. The monoisotopic (exact) mass is 803 g/mol. The number of fused-ring (bicyclic) bond motifs is 3. The Morgan fingerprint density at radius 1 is 1.06 bits per heavy atom. The summed E-state index contributed by atoms with van der Waals surface area (Å²) < 4.78 is 38.9. The number of nitrogens with two attached hydrogens (primary N) is 1. The van der Waals surface area contributed by atoms with Gasteiger partial charge in [0.15, 0.2) is 17.1 Å². The van der Waals surface area contributed by atoms with Crippen molar-refractivity contribution in [2.75, 3.05) is 19.4 Å². The van der Waals surface area contributed by atoms with Gasteiger partial charge < -0.3 is 36.6 Å². The van der Waals surface area contributed by atoms with Crippen molar-refractivity contribution in [2.45, 2.75) is 41.6 Å². The number of aliphatic hydroxyl groups excluding tert-OH is 3. The van der Waals surface area contributed by atoms with Crippen LogP contribution in [-0.4, -0.2) is 85.7 Å². The molecule has 17 heteroatoms. The number of likely N-dealkylation sites (N-methyl/N-ethyl adjacent to an activating group) is 1. The first-order chi connectivity index (χ1) is 21.8. The van der Waals surface area contributed by atoms with E-state index < -0.39 is 109 Å². The number of phenols is 1. The van der Waals surface area contributed by atoms with Crippen molar-refractivity contribution in [3.05, 3.63) is 81.3 Å². The molecule has 258 valence electrons. The fourth-order valence-corrected chi connectivity index (χ4v) is 7.33. The highest BCUT2D eigenvalue weighted by atomic mass is 79.9. The summed E-state index contributed by atoms with van der Waals surface area (Å²) >= 11 is 3.12. The summed E-state index contributed by atoms with van der Waals surface area (Å²) in [6.45, 7) is 1.55. The van der Waals surface area contributed by atoms with Crippen LogP contribution in [0, 0.1) is 11.8 Å². The number of alkyl halides is 4. The van der Waals surface area contributed by atoms with E-state index in [1.165, 1.54) is 31.1 Å². The van der Waals surface area contributed by atoms with Gasteiger partial charge in [-0.2, -0.15) is 13.2 Å². The van der Waals surface area contributed by atoms with Crippen LogP contribution >= 0.6 is 32.9 Å². The number of amides is 2. The molecule has 7 atom stereocenters. The first kappa shape index (κ1) is 37.1. The summed E-state index contributed by atoms with van der Waals surface area (Å²) in [5.74, 6) is -11.5. The second-order valence-corrected chi connectivity index (χ2v) is 12.9. The molecule has 0 spiro atoms. The van der Waals surface area contributed by atoms with Gasteiger partial charge in [0.05, 0.1) is 34.9 Å². The third kappa shape index (κ3) is 5.41. The van der Waals surface area contributed by atoms with E-state index in [4.69, 9.17) is 5.73 Å². The predicted octanol–water partition coefficient (Wildman–Crippen LogP) is 3.32. The first-order valence-electron chi connectivity index (χ1n) is 14.1. The maximum Gasteiger partial charge on any atom is 0.416 e. The molecule has 0 aliphatic heterocycles. The van der Waals surface area contributed by atoms with Crippen molar-refractivity contribution >= 4 is 62.0 Å². The topological polar surface area (TPSA) is 211 Å². The SMILES string of the molecule is Br.CC1c2ccc(NC(=O)C(Br)c3ccc(C(F)(F)F)cc3)c(O)c2C(=O)C2=C(O)[C@]3(O)C(=O)C(C(N)=O)=C(O)[C@@H](N(C)C)C3C(O)C21. The number of aromatic hydroxyl groups is 1. The zero-order chi connectivity index (χ0) is 35.1. The Hall–Kier alpha value is -3.77. The molecule has 0 aromatic heterocycles. The standard InChI is InChI=1S/C31H29BrF3N3O9.BrH/c1-10-13-8-9-14(37-29(46)20(32)11-4-6-12(7-5-11)31(33,34)35)22(39)16(13)23(40)17-15(10)24(41)19-21(38(2)3)25(42)18(28(36)45)27(44)30(19,47)26(17)43;/h4-10,15,19-21,24,39,41-43,47H,1-3H3,(H2,36,45)(H,37,46);1H/t10?,15?,19?,20?,21-,24?,30-;/m0./s1. The van der Waals surface area contributed by atoms with Crippen molar-refractivity contribution in [3.63, 3.8) is 0 Å². The Morgan fingerprint density at radius 2 is 1.65 bits per heavy atom. The summed E-state index contributed by atoms with van der Waals surface area (Å²) in [5, 5.41) is 59.5. The Bertz CT molecular complexity index is 1800. The van der Waals surface area contributed by atoms with Crippen LogP contribution in [0.25, 0.3) is 0 Å². The number of benzene rings is 2. The number of carbonyl (C=O) groups is 4. The molecule has 5 rings (SSSR count). The van der Waals surface area contributed by atoms with Gasteiger partial charge in [-0.1, -0.05) is 41.1 Å². The highest BCUT2D eigenvalue weighted by Crippen LogP contribution is 2.56. The zero-order valence-electron chi connectivity index (χ0n) is 25.2. The molecule has 0 saturated carbocycles. The second-order valence-electron chi connectivity index (χ2n) is 11.9. The van der Waals surface area contributed by atoms with Gasteiger partial charge in [0.25, 0.3) is 5.91 Å². The van der Waals surface area contributed by atoms with Crippen LogP contribution < -0.4 is 11.1 Å². The number of hydrogen-bond acceptors (Lipinski definition) is 10. The molecule has 3 aliphatic rings. The third-order valence-electron chi connectivity index (χ3n) is 9.15. The van der Waals surface area contributed by atoms with Crippen LogP contribution in [0.2, 0.25) is 0 Å². The van der Waals surface area contributed by atoms with Crippen LogP contribution in [0.15, 0.2) is 59.1 Å². The molecule has 8 N–H and O–H groups in total. The van der Waals surface area contributed by atoms with Gasteiger partial charge in [-0.05, 0) is 49.3 Å². The lowest BCUT2D eigenvalue weighted by molar-refractivity contribution is -0.162. The van der Waals surface area contributed by atoms with Crippen molar-refractivity contribution < 1.29 is 57.9 Å². The number of nitrogens with zero attached hydrogens (tertiary/aromatic N) is 1. The van der Waals surface area contributed by atoms with Crippen molar-refractivity contribution in [3.8, 4) is 5.75 Å². The number of Topliss-reactive ketones (excluding diaryl/α,β-unsaturated/α-hetero) is 2. The maximum atomic E-state index is 14.0. The van der Waals surface area contributed by atoms with Gasteiger partial charge in [-0.3, -0.25) is 24.1 Å². The third-order valence-corrected chi connectivity index (χ3v) is 10.1. The highest BCUT2D eigenvalue weighted by Gasteiger charge is 2.67. The number of halogens is 5. The van der Waals surface area contributed by atoms with E-state index >= 15 is 0 Å². The fraction of sp³-hybridized carbons (Fsp3) is 0.355. The van der Waals surface area contributed by atoms with E-state index in [9.17, 15) is 57.9 Å². The highest BCUT2D eigenvalue weighted by molar-refractivity contribution is 9.09. The summed E-state index contributed by atoms with van der Waals surface area (Å²) in [5.41, 5.74) is -0.733. The van der Waals surface area contributed by atoms with Gasteiger partial charge in [0, 0.05) is 11.5 Å². The number of ketones is 2. The molecule has 48 heavy (non-hydrogen) atoms. The van der Waals surface area contributed by atoms with Crippen LogP contribution in [0.3, 0.4) is 0 Å². The second kappa shape index (κ2) is 12.6. The number of carbonyl (C=O) groups excluding carboxylic acids is 4. The van der Waals surface area contributed by atoms with E-state index in [0.29, 0.717) is 0 Å². The van der Waals surface area contributed by atoms with Gasteiger partial charge in [-0.25, -0.2) is 0 Å². The maximum absolute atomic E-state index is 14.0. The molecule has 3 aliphatic carbocycles. The minimum atomic E-state index is -4.59. The van der Waals surface area contributed by atoms with Crippen LogP contribution in [0.4, 0.5) is 18.9 Å². The molecule has 0 radical (unpaired) electrons. The number of anilines is 1. The summed E-state index contributed by atoms with van der Waals surface area (Å²) in [7, 11) is 2.85. The van der Waals surface area contributed by atoms with Crippen molar-refractivity contribution in [2.24, 2.45) is 17.6 Å². The fourth-order valence-electron chi connectivity index (χ4n) is 6.91. The Kier molecular flexibility index (Phi) is 9.73. The first-order valence-corrected chi connectivity index (χ1v) is 15.0. The van der Waals surface area contributed by atoms with Crippen LogP contribution in [-0.2, 0) is 20.6 Å². The number of rotatable bonds is 5. The lowest BCUT2D eigenvalue weighted by Crippen LogP contribution is -2.68. The van der Waals surface area contributed by atoms with Crippen molar-refractivity contribution in [1.29, 1.82) is 0 Å². The minimum Gasteiger partial charge on any atom is -0.510 e. The largest absolute Gasteiger partial charge is 0.510 e. The molecule has 12 nitrogen and oxygen atoms in total. The molecule has 0 fully saturated rings. The molecule has 2 aromatic rings. The quantitative estimate of drug-likeness (QED) is 0.133. The molecular formula is C31H30Br2F3N3O9. The van der Waals surface area contributed by atoms with Gasteiger partial charge in [0.1, 0.15) is 21.9 Å². The van der Waals surface area contributed by atoms with Gasteiger partial charge in [-0.15, -0.1) is 17.0 Å². The van der Waals surface area contributed by atoms with E-state index in [2.05, 4.69) is 21.2 Å². The van der Waals surface area contributed by atoms with E-state index in [1.54, 1.807) is 6.92 Å². The molecule has 0 bridgehead atoms. The Labute approximate surface area is 289 Å². The van der Waals surface area contributed by atoms with E-state index in [0.717, 1.165) is 24.3 Å². The van der Waals surface area contributed by atoms with Crippen LogP contribution in [0.1, 0.15) is 44.7 Å². The number of phenolic OH excluding ortho intramolecular Hbond substituents is 1. The number of primary amides is 1. The van der Waals surface area contributed by atoms with E-state index in [1.807, 2.05) is 0 Å². The number of hydrogen-bond donors (Lipinski definition) is 7. The molecule has 5 unspecified atom stereocenters. The summed E-state index contributed by atoms with van der Waals surface area (Å²) in [6.07, 6.45) is -6.36. The van der Waals surface area contributed by atoms with E-state index in [-0.39, 0.29) is 33.8 Å². The summed E-state index contributed by atoms with van der Waals surface area (Å²) in [4.78, 5) is 52.8. The lowest BCUT2D eigenvalue weighted by Gasteiger charge is -2.53. The number of aliphatic hydroxyl groups is 4. The summed E-state index contributed by atoms with van der Waals surface area (Å²) in [6, 6.07) is 5.01. The Morgan fingerprint density at radius 3 is 2.17 bits per heavy atom. The van der Waals surface area contributed by atoms with Crippen molar-refractivity contribution in [1.82, 2.24) is 4.90 Å². The minimum absolute atomic E-state index is 0. The molecule has 2 aromatic carbocycles. The zero-order valence-corrected chi connectivity index (χ0v) is 28.5. The molecular weight excluding hydrogens is 775 g/mol. The smallest absolute Gasteiger partial charge is 0.416 e. The molecule has 0 saturated heterocycles. The van der Waals surface area contributed by atoms with Crippen LogP contribution in [0.5, 0.6) is 5.75 Å². The normalized spacial score (nSPS) is 27.5. The average molecular weight is 805 g/mol. The predicted molar refractivity (Wildman–Crippen MR) is 172 cm³/mol. The van der Waals surface area contributed by atoms with Gasteiger partial charge in [0.2, 0.25) is 11.7 Å².